The molecular formula is C19H24O6. The van der Waals surface area contributed by atoms with Gasteiger partial charge < -0.3 is 20.1 Å². The number of aromatic hydroxyl groups is 2. The van der Waals surface area contributed by atoms with Gasteiger partial charge in [-0.25, -0.2) is 4.79 Å². The number of ketones is 1. The molecule has 0 fully saturated rings. The van der Waals surface area contributed by atoms with Crippen LogP contribution in [0.25, 0.3) is 0 Å². The molecule has 1 aromatic rings. The van der Waals surface area contributed by atoms with Crippen molar-refractivity contribution in [2.45, 2.75) is 51.7 Å². The number of ether oxygens (including phenoxy) is 1. The monoisotopic (exact) mass is 348 g/mol. The summed E-state index contributed by atoms with van der Waals surface area (Å²) in [5, 5.41) is 29.9. The van der Waals surface area contributed by atoms with E-state index in [4.69, 9.17) is 4.74 Å². The molecule has 1 aliphatic heterocycles. The van der Waals surface area contributed by atoms with E-state index in [0.29, 0.717) is 12.8 Å². The zero-order valence-electron chi connectivity index (χ0n) is 14.4. The molecule has 25 heavy (non-hydrogen) atoms. The van der Waals surface area contributed by atoms with E-state index >= 15 is 0 Å². The molecular weight excluding hydrogens is 324 g/mol. The lowest BCUT2D eigenvalue weighted by Gasteiger charge is -2.23. The standard InChI is InChI=1S/C19H24O6/c1-11-5-3-4-6-14(20)8-13-9-15(21)10-17(23)18(13)19(24)25-12(2)7-16(11)22/h4,6,9-12,16,21-23H,3,5,7-8H2,1-2H3/b6-4+. The van der Waals surface area contributed by atoms with Crippen molar-refractivity contribution in [3.05, 3.63) is 35.4 Å². The lowest BCUT2D eigenvalue weighted by molar-refractivity contribution is -0.114. The Bertz CT molecular complexity index is 679. The minimum absolute atomic E-state index is 0.00137. The number of carbonyl (C=O) groups excluding carboxylic acids is 2. The first kappa shape index (κ1) is 19.0. The lowest BCUT2D eigenvalue weighted by atomic mass is 9.94. The van der Waals surface area contributed by atoms with Crippen LogP contribution in [0.3, 0.4) is 0 Å². The first-order valence-electron chi connectivity index (χ1n) is 8.41. The summed E-state index contributed by atoms with van der Waals surface area (Å²) >= 11 is 0. The molecule has 2 rings (SSSR count). The van der Waals surface area contributed by atoms with Crippen molar-refractivity contribution < 1.29 is 29.6 Å². The van der Waals surface area contributed by atoms with Crippen LogP contribution >= 0.6 is 0 Å². The maximum absolute atomic E-state index is 12.4. The third-order valence-corrected chi connectivity index (χ3v) is 4.38. The third kappa shape index (κ3) is 5.06. The molecule has 0 spiro atoms. The Balaban J connectivity index is 2.38. The normalized spacial score (nSPS) is 27.1. The van der Waals surface area contributed by atoms with Gasteiger partial charge in [0, 0.05) is 18.9 Å². The highest BCUT2D eigenvalue weighted by Gasteiger charge is 2.25. The number of allylic oxidation sites excluding steroid dienone is 2. The molecule has 0 aliphatic carbocycles. The molecule has 0 amide bonds. The van der Waals surface area contributed by atoms with Gasteiger partial charge in [0.2, 0.25) is 0 Å². The van der Waals surface area contributed by atoms with Gasteiger partial charge in [-0.3, -0.25) is 4.79 Å². The average Bonchev–Trinajstić information content (AvgIpc) is 2.49. The number of rotatable bonds is 0. The molecule has 1 heterocycles. The van der Waals surface area contributed by atoms with Crippen LogP contribution in [0.5, 0.6) is 11.5 Å². The summed E-state index contributed by atoms with van der Waals surface area (Å²) in [4.78, 5) is 24.5. The molecule has 0 aromatic heterocycles. The molecule has 6 heteroatoms. The van der Waals surface area contributed by atoms with Crippen LogP contribution in [-0.4, -0.2) is 39.3 Å². The van der Waals surface area contributed by atoms with Gasteiger partial charge >= 0.3 is 5.97 Å². The topological polar surface area (TPSA) is 104 Å². The zero-order valence-corrected chi connectivity index (χ0v) is 14.4. The van der Waals surface area contributed by atoms with Gasteiger partial charge in [-0.1, -0.05) is 13.0 Å². The first-order chi connectivity index (χ1) is 11.8. The van der Waals surface area contributed by atoms with Crippen LogP contribution in [0.2, 0.25) is 0 Å². The molecule has 136 valence electrons. The van der Waals surface area contributed by atoms with Crippen molar-refractivity contribution >= 4 is 11.8 Å². The zero-order chi connectivity index (χ0) is 18.6. The average molecular weight is 348 g/mol. The van der Waals surface area contributed by atoms with Crippen molar-refractivity contribution in [3.8, 4) is 11.5 Å². The maximum Gasteiger partial charge on any atom is 0.342 e. The van der Waals surface area contributed by atoms with Crippen LogP contribution in [0.4, 0.5) is 0 Å². The van der Waals surface area contributed by atoms with Gasteiger partial charge in [-0.05, 0) is 43.4 Å². The van der Waals surface area contributed by atoms with E-state index in [9.17, 15) is 24.9 Å². The summed E-state index contributed by atoms with van der Waals surface area (Å²) in [6.45, 7) is 3.58. The highest BCUT2D eigenvalue weighted by Crippen LogP contribution is 2.29. The maximum atomic E-state index is 12.4. The predicted octanol–water partition coefficient (Wildman–Crippen LogP) is 2.49. The van der Waals surface area contributed by atoms with Crippen molar-refractivity contribution in [2.24, 2.45) is 5.92 Å². The van der Waals surface area contributed by atoms with Crippen molar-refractivity contribution in [3.63, 3.8) is 0 Å². The van der Waals surface area contributed by atoms with Crippen LogP contribution in [0.1, 0.15) is 49.0 Å². The summed E-state index contributed by atoms with van der Waals surface area (Å²) < 4.78 is 5.33. The highest BCUT2D eigenvalue weighted by molar-refractivity contribution is 5.98. The Morgan fingerprint density at radius 2 is 1.88 bits per heavy atom. The molecule has 3 unspecified atom stereocenters. The molecule has 0 bridgehead atoms. The summed E-state index contributed by atoms with van der Waals surface area (Å²) in [5.74, 6) is -1.71. The van der Waals surface area contributed by atoms with Gasteiger partial charge in [-0.2, -0.15) is 0 Å². The number of carbonyl (C=O) groups is 2. The Morgan fingerprint density at radius 1 is 1.16 bits per heavy atom. The number of hydrogen-bond donors (Lipinski definition) is 3. The Labute approximate surface area is 146 Å². The van der Waals surface area contributed by atoms with E-state index in [-0.39, 0.29) is 41.4 Å². The molecule has 1 aliphatic rings. The molecule has 0 saturated heterocycles. The number of phenolic OH excluding ortho intramolecular Hbond substituents is 2. The van der Waals surface area contributed by atoms with Crippen molar-refractivity contribution in [1.29, 1.82) is 0 Å². The number of fused-ring (bicyclic) bond motifs is 1. The Kier molecular flexibility index (Phi) is 6.20. The minimum atomic E-state index is -0.784. The SMILES string of the molecule is CC1CC(O)C(C)CC/C=C/C(=O)Cc2cc(O)cc(O)c2C(=O)O1. The third-order valence-electron chi connectivity index (χ3n) is 4.38. The molecule has 3 N–H and O–H groups in total. The summed E-state index contributed by atoms with van der Waals surface area (Å²) in [6.07, 6.45) is 3.48. The second kappa shape index (κ2) is 8.16. The second-order valence-electron chi connectivity index (χ2n) is 6.62. The number of aliphatic hydroxyl groups excluding tert-OH is 1. The van der Waals surface area contributed by atoms with Crippen LogP contribution in [-0.2, 0) is 16.0 Å². The summed E-state index contributed by atoms with van der Waals surface area (Å²) in [7, 11) is 0. The van der Waals surface area contributed by atoms with Gasteiger partial charge in [-0.15, -0.1) is 0 Å². The summed E-state index contributed by atoms with van der Waals surface area (Å²) in [6, 6.07) is 2.31. The number of esters is 1. The fourth-order valence-electron chi connectivity index (χ4n) is 2.92. The lowest BCUT2D eigenvalue weighted by Crippen LogP contribution is -2.26. The molecule has 6 nitrogen and oxygen atoms in total. The largest absolute Gasteiger partial charge is 0.508 e. The number of cyclic esters (lactones) is 1. The minimum Gasteiger partial charge on any atom is -0.508 e. The van der Waals surface area contributed by atoms with Gasteiger partial charge in [0.05, 0.1) is 6.10 Å². The number of benzene rings is 1. The fourth-order valence-corrected chi connectivity index (χ4v) is 2.92. The van der Waals surface area contributed by atoms with Crippen molar-refractivity contribution in [1.82, 2.24) is 0 Å². The quantitative estimate of drug-likeness (QED) is 0.622. The van der Waals surface area contributed by atoms with Gasteiger partial charge in [0.15, 0.2) is 5.78 Å². The van der Waals surface area contributed by atoms with Gasteiger partial charge in [0.1, 0.15) is 23.2 Å². The smallest absolute Gasteiger partial charge is 0.342 e. The van der Waals surface area contributed by atoms with E-state index in [2.05, 4.69) is 0 Å². The van der Waals surface area contributed by atoms with E-state index < -0.39 is 23.9 Å². The first-order valence-corrected chi connectivity index (χ1v) is 8.41. The molecule has 1 aromatic carbocycles. The van der Waals surface area contributed by atoms with E-state index in [0.717, 1.165) is 6.07 Å². The number of hydrogen-bond acceptors (Lipinski definition) is 6. The van der Waals surface area contributed by atoms with E-state index in [1.807, 2.05) is 6.92 Å². The second-order valence-corrected chi connectivity index (χ2v) is 6.62. The van der Waals surface area contributed by atoms with Crippen LogP contribution in [0, 0.1) is 5.92 Å². The van der Waals surface area contributed by atoms with E-state index in [1.54, 1.807) is 13.0 Å². The predicted molar refractivity (Wildman–Crippen MR) is 91.5 cm³/mol. The Morgan fingerprint density at radius 3 is 2.60 bits per heavy atom. The number of phenols is 2. The van der Waals surface area contributed by atoms with E-state index in [1.165, 1.54) is 12.1 Å². The number of aliphatic hydroxyl groups is 1. The van der Waals surface area contributed by atoms with Crippen molar-refractivity contribution in [2.75, 3.05) is 0 Å². The highest BCUT2D eigenvalue weighted by atomic mass is 16.5. The van der Waals surface area contributed by atoms with Gasteiger partial charge in [0.25, 0.3) is 0 Å². The molecule has 0 saturated carbocycles. The van der Waals surface area contributed by atoms with Crippen LogP contribution in [0.15, 0.2) is 24.3 Å². The fraction of sp³-hybridized carbons (Fsp3) is 0.474. The van der Waals surface area contributed by atoms with Crippen LogP contribution < -0.4 is 0 Å². The molecule has 3 atom stereocenters. The Hall–Kier alpha value is -2.34. The molecule has 0 radical (unpaired) electrons. The summed E-state index contributed by atoms with van der Waals surface area (Å²) in [5.41, 5.74) is 0.0707.